The fraction of sp³-hybridized carbons (Fsp3) is 0.290. The van der Waals surface area contributed by atoms with Crippen molar-refractivity contribution in [1.82, 2.24) is 10.2 Å². The molecule has 1 fully saturated rings. The number of nitrogens with two attached hydrogens (primary N) is 1. The van der Waals surface area contributed by atoms with Crippen molar-refractivity contribution in [1.29, 1.82) is 0 Å². The summed E-state index contributed by atoms with van der Waals surface area (Å²) in [4.78, 5) is 27.7. The third-order valence-corrected chi connectivity index (χ3v) is 6.78. The van der Waals surface area contributed by atoms with Gasteiger partial charge < -0.3 is 26.4 Å². The molecule has 4 rings (SSSR count). The van der Waals surface area contributed by atoms with Crippen LogP contribution in [0, 0.1) is 0 Å². The number of amides is 2. The first-order chi connectivity index (χ1) is 20.2. The standard InChI is InChI=1S/C31H34F3N5O3/c32-31(33,34)24-10-12-25(13-11-24)37-30(41)28(36-15-16-39-17-19-42-20-18-39)21-23-7-5-22(6-8-23)9-14-29(40)38-27-4-2-1-3-26(27)35/h1-14,28,36H,15-21,35H2,(H,37,41)(H,38,40)/b14-9+. The highest BCUT2D eigenvalue weighted by molar-refractivity contribution is 6.03. The van der Waals surface area contributed by atoms with Gasteiger partial charge >= 0.3 is 6.18 Å². The fourth-order valence-electron chi connectivity index (χ4n) is 4.41. The zero-order valence-electron chi connectivity index (χ0n) is 23.0. The van der Waals surface area contributed by atoms with Gasteiger partial charge in [0, 0.05) is 37.9 Å². The molecule has 3 aromatic rings. The van der Waals surface area contributed by atoms with Gasteiger partial charge in [-0.3, -0.25) is 14.5 Å². The average Bonchev–Trinajstić information content (AvgIpc) is 2.98. The van der Waals surface area contributed by atoms with Crippen LogP contribution in [0.5, 0.6) is 0 Å². The highest BCUT2D eigenvalue weighted by Crippen LogP contribution is 2.29. The molecule has 1 atom stereocenters. The molecule has 1 saturated heterocycles. The molecule has 0 saturated carbocycles. The highest BCUT2D eigenvalue weighted by atomic mass is 19.4. The molecule has 1 heterocycles. The minimum absolute atomic E-state index is 0.281. The molecular weight excluding hydrogens is 547 g/mol. The number of nitrogen functional groups attached to an aromatic ring is 1. The summed E-state index contributed by atoms with van der Waals surface area (Å²) in [5, 5.41) is 8.77. The van der Waals surface area contributed by atoms with E-state index in [1.165, 1.54) is 18.2 Å². The second-order valence-electron chi connectivity index (χ2n) is 9.88. The number of hydrogen-bond donors (Lipinski definition) is 4. The summed E-state index contributed by atoms with van der Waals surface area (Å²) in [5.41, 5.74) is 8.04. The van der Waals surface area contributed by atoms with Crippen molar-refractivity contribution in [2.24, 2.45) is 0 Å². The summed E-state index contributed by atoms with van der Waals surface area (Å²) in [5.74, 6) is -0.668. The zero-order chi connectivity index (χ0) is 30.0. The molecular formula is C31H34F3N5O3. The number of ether oxygens (including phenoxy) is 1. The maximum absolute atomic E-state index is 13.2. The van der Waals surface area contributed by atoms with Crippen molar-refractivity contribution < 1.29 is 27.5 Å². The molecule has 0 aromatic heterocycles. The number of morpholine rings is 1. The van der Waals surface area contributed by atoms with Crippen LogP contribution in [0.2, 0.25) is 0 Å². The van der Waals surface area contributed by atoms with Gasteiger partial charge in [-0.2, -0.15) is 13.2 Å². The van der Waals surface area contributed by atoms with E-state index in [9.17, 15) is 22.8 Å². The molecule has 0 spiro atoms. The first-order valence-corrected chi connectivity index (χ1v) is 13.6. The number of alkyl halides is 3. The Kier molecular flexibility index (Phi) is 10.7. The number of para-hydroxylation sites is 2. The zero-order valence-corrected chi connectivity index (χ0v) is 23.0. The third-order valence-electron chi connectivity index (χ3n) is 6.78. The van der Waals surface area contributed by atoms with Gasteiger partial charge in [-0.25, -0.2) is 0 Å². The first kappa shape index (κ1) is 30.8. The number of benzene rings is 3. The van der Waals surface area contributed by atoms with Crippen molar-refractivity contribution in [3.63, 3.8) is 0 Å². The van der Waals surface area contributed by atoms with Crippen LogP contribution >= 0.6 is 0 Å². The highest BCUT2D eigenvalue weighted by Gasteiger charge is 2.30. The molecule has 0 bridgehead atoms. The Morgan fingerprint density at radius 2 is 1.64 bits per heavy atom. The summed E-state index contributed by atoms with van der Waals surface area (Å²) in [6, 6.07) is 18.2. The third kappa shape index (κ3) is 9.44. The number of nitrogens with one attached hydrogen (secondary N) is 3. The number of rotatable bonds is 11. The van der Waals surface area contributed by atoms with E-state index in [0.29, 0.717) is 37.6 Å². The number of carbonyl (C=O) groups is 2. The molecule has 2 amide bonds. The van der Waals surface area contributed by atoms with Crippen molar-refractivity contribution in [2.75, 3.05) is 55.8 Å². The molecule has 1 aliphatic rings. The minimum Gasteiger partial charge on any atom is -0.397 e. The van der Waals surface area contributed by atoms with E-state index in [1.54, 1.807) is 30.3 Å². The lowest BCUT2D eigenvalue weighted by molar-refractivity contribution is -0.137. The van der Waals surface area contributed by atoms with Gasteiger partial charge in [0.15, 0.2) is 0 Å². The van der Waals surface area contributed by atoms with Crippen LogP contribution in [-0.2, 0) is 26.9 Å². The van der Waals surface area contributed by atoms with Crippen LogP contribution in [0.1, 0.15) is 16.7 Å². The second-order valence-corrected chi connectivity index (χ2v) is 9.88. The maximum Gasteiger partial charge on any atom is 0.416 e. The van der Waals surface area contributed by atoms with E-state index >= 15 is 0 Å². The summed E-state index contributed by atoms with van der Waals surface area (Å²) < 4.78 is 44.2. The van der Waals surface area contributed by atoms with Crippen LogP contribution in [0.4, 0.5) is 30.2 Å². The van der Waals surface area contributed by atoms with E-state index in [4.69, 9.17) is 10.5 Å². The predicted octanol–water partition coefficient (Wildman–Crippen LogP) is 4.41. The van der Waals surface area contributed by atoms with E-state index in [0.717, 1.165) is 42.9 Å². The number of halogens is 3. The van der Waals surface area contributed by atoms with Crippen LogP contribution in [0.3, 0.4) is 0 Å². The van der Waals surface area contributed by atoms with Crippen LogP contribution in [0.25, 0.3) is 6.08 Å². The number of nitrogens with zero attached hydrogens (tertiary/aromatic N) is 1. The Labute approximate surface area is 242 Å². The number of carbonyl (C=O) groups excluding carboxylic acids is 2. The summed E-state index contributed by atoms with van der Waals surface area (Å²) in [7, 11) is 0. The summed E-state index contributed by atoms with van der Waals surface area (Å²) in [6.45, 7) is 4.24. The minimum atomic E-state index is -4.45. The SMILES string of the molecule is Nc1ccccc1NC(=O)/C=C/c1ccc(CC(NCCN2CCOCC2)C(=O)Nc2ccc(C(F)(F)F)cc2)cc1. The molecule has 8 nitrogen and oxygen atoms in total. The van der Waals surface area contributed by atoms with Gasteiger partial charge in [0.05, 0.1) is 36.2 Å². The molecule has 5 N–H and O–H groups in total. The Morgan fingerprint density at radius 3 is 2.31 bits per heavy atom. The average molecular weight is 582 g/mol. The van der Waals surface area contributed by atoms with Crippen molar-refractivity contribution >= 4 is 35.0 Å². The Bertz CT molecular complexity index is 1360. The lowest BCUT2D eigenvalue weighted by Crippen LogP contribution is -2.46. The molecule has 0 radical (unpaired) electrons. The van der Waals surface area contributed by atoms with Gasteiger partial charge in [-0.05, 0) is 60.0 Å². The molecule has 11 heteroatoms. The van der Waals surface area contributed by atoms with Crippen LogP contribution in [0.15, 0.2) is 78.9 Å². The lowest BCUT2D eigenvalue weighted by Gasteiger charge is -2.27. The smallest absolute Gasteiger partial charge is 0.397 e. The van der Waals surface area contributed by atoms with Gasteiger partial charge in [0.1, 0.15) is 0 Å². The summed E-state index contributed by atoms with van der Waals surface area (Å²) >= 11 is 0. The number of anilines is 3. The van der Waals surface area contributed by atoms with E-state index < -0.39 is 17.8 Å². The number of hydrogen-bond acceptors (Lipinski definition) is 6. The van der Waals surface area contributed by atoms with Gasteiger partial charge in [0.2, 0.25) is 11.8 Å². The molecule has 3 aromatic carbocycles. The monoisotopic (exact) mass is 581 g/mol. The van der Waals surface area contributed by atoms with Gasteiger partial charge in [-0.15, -0.1) is 0 Å². The molecule has 222 valence electrons. The van der Waals surface area contributed by atoms with Crippen LogP contribution < -0.4 is 21.7 Å². The first-order valence-electron chi connectivity index (χ1n) is 13.6. The van der Waals surface area contributed by atoms with Crippen molar-refractivity contribution in [3.05, 3.63) is 95.6 Å². The maximum atomic E-state index is 13.2. The summed E-state index contributed by atoms with van der Waals surface area (Å²) in [6.07, 6.45) is -1.01. The van der Waals surface area contributed by atoms with E-state index in [-0.39, 0.29) is 17.5 Å². The second kappa shape index (κ2) is 14.6. The molecule has 42 heavy (non-hydrogen) atoms. The topological polar surface area (TPSA) is 109 Å². The van der Waals surface area contributed by atoms with Crippen molar-refractivity contribution in [2.45, 2.75) is 18.6 Å². The Balaban J connectivity index is 1.38. The Morgan fingerprint density at radius 1 is 0.952 bits per heavy atom. The van der Waals surface area contributed by atoms with Gasteiger partial charge in [-0.1, -0.05) is 36.4 Å². The van der Waals surface area contributed by atoms with E-state index in [2.05, 4.69) is 20.9 Å². The van der Waals surface area contributed by atoms with Gasteiger partial charge in [0.25, 0.3) is 0 Å². The predicted molar refractivity (Wildman–Crippen MR) is 158 cm³/mol. The molecule has 1 aliphatic heterocycles. The van der Waals surface area contributed by atoms with Crippen LogP contribution in [-0.4, -0.2) is 62.1 Å². The normalized spacial score (nSPS) is 14.9. The largest absolute Gasteiger partial charge is 0.416 e. The van der Waals surface area contributed by atoms with E-state index in [1.807, 2.05) is 24.3 Å². The fourth-order valence-corrected chi connectivity index (χ4v) is 4.41. The van der Waals surface area contributed by atoms with Crippen molar-refractivity contribution in [3.8, 4) is 0 Å². The lowest BCUT2D eigenvalue weighted by atomic mass is 10.0. The molecule has 1 unspecified atom stereocenters. The quantitative estimate of drug-likeness (QED) is 0.197. The Hall–Kier alpha value is -4.19. The molecule has 0 aliphatic carbocycles.